The Balaban J connectivity index is 1.98. The molecule has 1 aliphatic heterocycles. The lowest BCUT2D eigenvalue weighted by atomic mass is 9.89. The summed E-state index contributed by atoms with van der Waals surface area (Å²) in [7, 11) is 0. The molecule has 1 heterocycles. The van der Waals surface area contributed by atoms with Gasteiger partial charge in [0.1, 0.15) is 11.5 Å². The normalized spacial score (nSPS) is 15.7. The minimum Gasteiger partial charge on any atom is -0.434 e. The van der Waals surface area contributed by atoms with Crippen molar-refractivity contribution in [2.24, 2.45) is 5.10 Å². The van der Waals surface area contributed by atoms with Gasteiger partial charge in [-0.1, -0.05) is 41.4 Å². The molecular weight excluding hydrogens is 429 g/mol. The third kappa shape index (κ3) is 5.11. The van der Waals surface area contributed by atoms with Crippen molar-refractivity contribution in [3.8, 4) is 0 Å². The molecule has 0 saturated heterocycles. The molecule has 0 fully saturated rings. The molecule has 0 spiro atoms. The minimum atomic E-state index is -0.878. The molecule has 3 rings (SSSR count). The van der Waals surface area contributed by atoms with E-state index in [1.54, 1.807) is 62.4 Å². The van der Waals surface area contributed by atoms with Gasteiger partial charge in [-0.25, -0.2) is 4.79 Å². The molecule has 1 amide bonds. The number of hydrogen-bond acceptors (Lipinski definition) is 6. The van der Waals surface area contributed by atoms with Crippen LogP contribution in [0.3, 0.4) is 0 Å². The highest BCUT2D eigenvalue weighted by atomic mass is 35.5. The quantitative estimate of drug-likeness (QED) is 0.623. The molecule has 1 aliphatic rings. The molecule has 0 saturated carbocycles. The Labute approximate surface area is 183 Å². The molecule has 1 atom stereocenters. The van der Waals surface area contributed by atoms with Gasteiger partial charge < -0.3 is 14.8 Å². The van der Waals surface area contributed by atoms with Gasteiger partial charge in [0.25, 0.3) is 5.91 Å². The number of nitrogens with one attached hydrogen (secondary N) is 2. The lowest BCUT2D eigenvalue weighted by Gasteiger charge is -2.27. The number of halogens is 2. The summed E-state index contributed by atoms with van der Waals surface area (Å²) in [6, 6.07) is 13.6. The summed E-state index contributed by atoms with van der Waals surface area (Å²) in [4.78, 5) is 25.1. The highest BCUT2D eigenvalue weighted by Crippen LogP contribution is 2.33. The van der Waals surface area contributed by atoms with E-state index in [2.05, 4.69) is 15.8 Å². The van der Waals surface area contributed by atoms with Gasteiger partial charge in [0.15, 0.2) is 0 Å². The van der Waals surface area contributed by atoms with E-state index in [4.69, 9.17) is 32.7 Å². The number of allylic oxidation sites excluding steroid dienone is 2. The highest BCUT2D eigenvalue weighted by molar-refractivity contribution is 6.45. The van der Waals surface area contributed by atoms with Gasteiger partial charge in [-0.15, -0.1) is 0 Å². The first kappa shape index (κ1) is 21.7. The minimum absolute atomic E-state index is 0.0853. The maximum atomic E-state index is 13.1. The maximum absolute atomic E-state index is 13.1. The van der Waals surface area contributed by atoms with Crippen LogP contribution in [-0.4, -0.2) is 24.4 Å². The third-order valence-corrected chi connectivity index (χ3v) is 4.67. The largest absolute Gasteiger partial charge is 0.513 e. The van der Waals surface area contributed by atoms with Crippen molar-refractivity contribution in [1.82, 2.24) is 5.43 Å². The average molecular weight is 448 g/mol. The molecule has 1 unspecified atom stereocenters. The fourth-order valence-corrected chi connectivity index (χ4v) is 3.30. The van der Waals surface area contributed by atoms with Crippen LogP contribution < -0.4 is 10.7 Å². The van der Waals surface area contributed by atoms with Crippen LogP contribution in [0.15, 0.2) is 65.1 Å². The number of carbonyl (C=O) groups excluding carboxylic acids is 2. The Hall–Kier alpha value is -3.03. The van der Waals surface area contributed by atoms with Crippen molar-refractivity contribution in [1.29, 1.82) is 0 Å². The van der Waals surface area contributed by atoms with E-state index in [0.29, 0.717) is 27.0 Å². The van der Waals surface area contributed by atoms with Crippen LogP contribution in [0.25, 0.3) is 0 Å². The summed E-state index contributed by atoms with van der Waals surface area (Å²) in [5.74, 6) is -1.08. The van der Waals surface area contributed by atoms with Crippen molar-refractivity contribution in [3.05, 3.63) is 75.6 Å². The Morgan fingerprint density at radius 2 is 1.83 bits per heavy atom. The van der Waals surface area contributed by atoms with E-state index in [9.17, 15) is 9.59 Å². The average Bonchev–Trinajstić information content (AvgIpc) is 2.69. The maximum Gasteiger partial charge on any atom is 0.513 e. The Kier molecular flexibility index (Phi) is 6.97. The number of hydrogen-bond donors (Lipinski definition) is 2. The van der Waals surface area contributed by atoms with E-state index in [1.165, 1.54) is 0 Å². The lowest BCUT2D eigenvalue weighted by molar-refractivity contribution is -0.110. The topological polar surface area (TPSA) is 89.0 Å². The van der Waals surface area contributed by atoms with Crippen molar-refractivity contribution in [2.45, 2.75) is 19.8 Å². The number of nitrogens with zero attached hydrogens (tertiary/aromatic N) is 1. The number of anilines is 1. The van der Waals surface area contributed by atoms with Crippen molar-refractivity contribution < 1.29 is 19.1 Å². The fourth-order valence-electron chi connectivity index (χ4n) is 2.92. The molecular formula is C21H19Cl2N3O4. The smallest absolute Gasteiger partial charge is 0.434 e. The summed E-state index contributed by atoms with van der Waals surface area (Å²) in [5, 5.41) is 7.91. The molecule has 30 heavy (non-hydrogen) atoms. The molecule has 0 aliphatic carbocycles. The van der Waals surface area contributed by atoms with Crippen molar-refractivity contribution >= 4 is 46.7 Å². The highest BCUT2D eigenvalue weighted by Gasteiger charge is 2.35. The second kappa shape index (κ2) is 9.65. The SMILES string of the molecule is CCOC(=O)OC1=C(C)NN=C(C(=O)Nc2cccc(Cl)c2)C1c1cccc(Cl)c1. The van der Waals surface area contributed by atoms with Gasteiger partial charge in [-0.2, -0.15) is 5.10 Å². The van der Waals surface area contributed by atoms with E-state index in [0.717, 1.165) is 0 Å². The predicted molar refractivity (Wildman–Crippen MR) is 116 cm³/mol. The van der Waals surface area contributed by atoms with E-state index < -0.39 is 18.0 Å². The van der Waals surface area contributed by atoms with Crippen LogP contribution in [0.5, 0.6) is 0 Å². The number of ether oxygens (including phenoxy) is 2. The molecule has 7 nitrogen and oxygen atoms in total. The summed E-state index contributed by atoms with van der Waals surface area (Å²) in [6.07, 6.45) is -0.878. The monoisotopic (exact) mass is 447 g/mol. The number of rotatable bonds is 5. The molecule has 9 heteroatoms. The zero-order valence-electron chi connectivity index (χ0n) is 16.2. The summed E-state index contributed by atoms with van der Waals surface area (Å²) in [6.45, 7) is 3.50. The zero-order valence-corrected chi connectivity index (χ0v) is 17.8. The first-order valence-corrected chi connectivity index (χ1v) is 9.86. The zero-order chi connectivity index (χ0) is 21.7. The summed E-state index contributed by atoms with van der Waals surface area (Å²) < 4.78 is 10.3. The lowest BCUT2D eigenvalue weighted by Crippen LogP contribution is -2.36. The van der Waals surface area contributed by atoms with Gasteiger partial charge in [-0.3, -0.25) is 10.2 Å². The van der Waals surface area contributed by atoms with E-state index in [-0.39, 0.29) is 18.1 Å². The Morgan fingerprint density at radius 1 is 1.13 bits per heavy atom. The number of hydrazone groups is 1. The standard InChI is InChI=1S/C21H19Cl2N3O4/c1-3-29-21(28)30-19-12(2)25-26-18(17(19)13-6-4-7-14(22)10-13)20(27)24-16-9-5-8-15(23)11-16/h4-11,17,25H,3H2,1-2H3,(H,24,27). The van der Waals surface area contributed by atoms with Crippen LogP contribution in [-0.2, 0) is 14.3 Å². The number of benzene rings is 2. The van der Waals surface area contributed by atoms with Crippen LogP contribution in [0.2, 0.25) is 10.0 Å². The summed E-state index contributed by atoms with van der Waals surface area (Å²) in [5.41, 5.74) is 4.41. The molecule has 2 N–H and O–H groups in total. The van der Waals surface area contributed by atoms with Gasteiger partial charge in [-0.05, 0) is 49.7 Å². The molecule has 156 valence electrons. The van der Waals surface area contributed by atoms with E-state index in [1.807, 2.05) is 0 Å². The van der Waals surface area contributed by atoms with Crippen LogP contribution in [0.1, 0.15) is 25.3 Å². The van der Waals surface area contributed by atoms with Crippen LogP contribution >= 0.6 is 23.2 Å². The number of amides is 1. The van der Waals surface area contributed by atoms with Gasteiger partial charge >= 0.3 is 6.16 Å². The Morgan fingerprint density at radius 3 is 2.50 bits per heavy atom. The van der Waals surface area contributed by atoms with Crippen molar-refractivity contribution in [3.63, 3.8) is 0 Å². The van der Waals surface area contributed by atoms with Gasteiger partial charge in [0, 0.05) is 15.7 Å². The van der Waals surface area contributed by atoms with E-state index >= 15 is 0 Å². The molecule has 2 aromatic carbocycles. The van der Waals surface area contributed by atoms with Gasteiger partial charge in [0.2, 0.25) is 0 Å². The fraction of sp³-hybridized carbons (Fsp3) is 0.190. The molecule has 0 aromatic heterocycles. The summed E-state index contributed by atoms with van der Waals surface area (Å²) >= 11 is 12.2. The van der Waals surface area contributed by atoms with Crippen LogP contribution in [0, 0.1) is 0 Å². The molecule has 2 aromatic rings. The second-order valence-electron chi connectivity index (χ2n) is 6.34. The second-order valence-corrected chi connectivity index (χ2v) is 7.21. The number of carbonyl (C=O) groups is 2. The molecule has 0 bridgehead atoms. The predicted octanol–water partition coefficient (Wildman–Crippen LogP) is 5.08. The van der Waals surface area contributed by atoms with Crippen LogP contribution in [0.4, 0.5) is 10.5 Å². The van der Waals surface area contributed by atoms with Crippen molar-refractivity contribution in [2.75, 3.05) is 11.9 Å². The third-order valence-electron chi connectivity index (χ3n) is 4.20. The molecule has 0 radical (unpaired) electrons. The first-order valence-electron chi connectivity index (χ1n) is 9.10. The first-order chi connectivity index (χ1) is 14.4. The van der Waals surface area contributed by atoms with Gasteiger partial charge in [0.05, 0.1) is 18.2 Å². The Bertz CT molecular complexity index is 1040.